The van der Waals surface area contributed by atoms with Crippen molar-refractivity contribution >= 4 is 17.4 Å². The Bertz CT molecular complexity index is 553. The molecule has 0 bridgehead atoms. The first-order valence-corrected chi connectivity index (χ1v) is 8.16. The van der Waals surface area contributed by atoms with Gasteiger partial charge in [0, 0.05) is 29.9 Å². The lowest BCUT2D eigenvalue weighted by atomic mass is 10.2. The highest BCUT2D eigenvalue weighted by atomic mass is 32.1. The Labute approximate surface area is 135 Å². The van der Waals surface area contributed by atoms with Crippen LogP contribution < -0.4 is 10.6 Å². The fourth-order valence-corrected chi connectivity index (χ4v) is 3.14. The van der Waals surface area contributed by atoms with E-state index in [0.717, 1.165) is 0 Å². The van der Waals surface area contributed by atoms with Crippen LogP contribution in [0, 0.1) is 0 Å². The number of carbonyl (C=O) groups is 1. The number of urea groups is 1. The van der Waals surface area contributed by atoms with Crippen molar-refractivity contribution in [2.75, 3.05) is 20.6 Å². The van der Waals surface area contributed by atoms with Crippen molar-refractivity contribution in [3.63, 3.8) is 0 Å². The lowest BCUT2D eigenvalue weighted by Crippen LogP contribution is -2.45. The molecule has 0 spiro atoms. The number of hydrogen-bond acceptors (Lipinski definition) is 4. The van der Waals surface area contributed by atoms with Gasteiger partial charge in [0.15, 0.2) is 0 Å². The van der Waals surface area contributed by atoms with E-state index >= 15 is 0 Å². The van der Waals surface area contributed by atoms with Gasteiger partial charge in [-0.15, -0.1) is 11.3 Å². The Morgan fingerprint density at radius 1 is 1.45 bits per heavy atom. The zero-order chi connectivity index (χ0) is 15.9. The summed E-state index contributed by atoms with van der Waals surface area (Å²) in [5.41, 5.74) is 0. The van der Waals surface area contributed by atoms with E-state index in [0.29, 0.717) is 13.1 Å². The molecule has 2 aromatic heterocycles. The van der Waals surface area contributed by atoms with E-state index in [4.69, 9.17) is 0 Å². The van der Waals surface area contributed by atoms with Crippen molar-refractivity contribution < 1.29 is 4.79 Å². The molecule has 0 saturated carbocycles. The summed E-state index contributed by atoms with van der Waals surface area (Å²) in [6, 6.07) is 6.04. The van der Waals surface area contributed by atoms with Crippen LogP contribution in [-0.4, -0.2) is 47.4 Å². The highest BCUT2D eigenvalue weighted by Crippen LogP contribution is 2.22. The molecular weight excluding hydrogens is 298 g/mol. The van der Waals surface area contributed by atoms with Crippen LogP contribution in [0.4, 0.5) is 4.79 Å². The molecule has 0 unspecified atom stereocenters. The van der Waals surface area contributed by atoms with Gasteiger partial charge in [0.05, 0.1) is 12.6 Å². The molecule has 6 nitrogen and oxygen atoms in total. The van der Waals surface area contributed by atoms with Gasteiger partial charge in [-0.2, -0.15) is 5.10 Å². The number of nitrogens with one attached hydrogen (secondary N) is 2. The van der Waals surface area contributed by atoms with Gasteiger partial charge in [-0.05, 0) is 38.5 Å². The fraction of sp³-hybridized carbons (Fsp3) is 0.467. The van der Waals surface area contributed by atoms with E-state index < -0.39 is 0 Å². The summed E-state index contributed by atoms with van der Waals surface area (Å²) in [4.78, 5) is 15.4. The van der Waals surface area contributed by atoms with Crippen molar-refractivity contribution in [2.45, 2.75) is 25.6 Å². The fourth-order valence-electron chi connectivity index (χ4n) is 2.22. The van der Waals surface area contributed by atoms with E-state index in [1.54, 1.807) is 22.2 Å². The van der Waals surface area contributed by atoms with Gasteiger partial charge in [-0.1, -0.05) is 6.07 Å². The van der Waals surface area contributed by atoms with Crippen LogP contribution in [0.1, 0.15) is 17.8 Å². The lowest BCUT2D eigenvalue weighted by molar-refractivity contribution is 0.229. The van der Waals surface area contributed by atoms with Crippen LogP contribution in [0.3, 0.4) is 0 Å². The number of rotatable bonds is 7. The third-order valence-electron chi connectivity index (χ3n) is 3.35. The first-order valence-electron chi connectivity index (χ1n) is 7.28. The second-order valence-corrected chi connectivity index (χ2v) is 6.46. The maximum absolute atomic E-state index is 12.0. The minimum Gasteiger partial charge on any atom is -0.336 e. The number of carbonyl (C=O) groups excluding carboxylic acids is 1. The highest BCUT2D eigenvalue weighted by Gasteiger charge is 2.16. The molecule has 2 rings (SSSR count). The molecule has 7 heteroatoms. The maximum atomic E-state index is 12.0. The number of nitrogens with zero attached hydrogens (tertiary/aromatic N) is 3. The molecule has 2 heterocycles. The van der Waals surface area contributed by atoms with Gasteiger partial charge in [0.2, 0.25) is 0 Å². The Hall–Kier alpha value is -1.86. The van der Waals surface area contributed by atoms with Gasteiger partial charge < -0.3 is 15.5 Å². The summed E-state index contributed by atoms with van der Waals surface area (Å²) in [5, 5.41) is 12.1. The third kappa shape index (κ3) is 4.85. The summed E-state index contributed by atoms with van der Waals surface area (Å²) in [6.45, 7) is 3.19. The summed E-state index contributed by atoms with van der Waals surface area (Å²) >= 11 is 1.70. The van der Waals surface area contributed by atoms with E-state index in [-0.39, 0.29) is 18.1 Å². The molecule has 0 radical (unpaired) electrons. The quantitative estimate of drug-likeness (QED) is 0.819. The predicted molar refractivity (Wildman–Crippen MR) is 89.0 cm³/mol. The van der Waals surface area contributed by atoms with Crippen LogP contribution in [-0.2, 0) is 6.54 Å². The number of thiophene rings is 1. The normalized spacial score (nSPS) is 13.8. The van der Waals surface area contributed by atoms with E-state index in [1.165, 1.54) is 4.88 Å². The monoisotopic (exact) mass is 321 g/mol. The van der Waals surface area contributed by atoms with Crippen molar-refractivity contribution in [1.29, 1.82) is 0 Å². The topological polar surface area (TPSA) is 62.2 Å². The smallest absolute Gasteiger partial charge is 0.315 e. The Balaban J connectivity index is 1.78. The van der Waals surface area contributed by atoms with Gasteiger partial charge >= 0.3 is 6.03 Å². The van der Waals surface area contributed by atoms with Gasteiger partial charge in [-0.25, -0.2) is 4.79 Å². The van der Waals surface area contributed by atoms with Crippen molar-refractivity contribution in [3.8, 4) is 0 Å². The largest absolute Gasteiger partial charge is 0.336 e. The Morgan fingerprint density at radius 3 is 2.86 bits per heavy atom. The van der Waals surface area contributed by atoms with Crippen LogP contribution in [0.5, 0.6) is 0 Å². The van der Waals surface area contributed by atoms with Crippen LogP contribution in [0.15, 0.2) is 36.0 Å². The van der Waals surface area contributed by atoms with E-state index in [9.17, 15) is 4.79 Å². The Kier molecular flexibility index (Phi) is 5.97. The second kappa shape index (κ2) is 7.95. The van der Waals surface area contributed by atoms with Crippen LogP contribution in [0.2, 0.25) is 0 Å². The molecule has 0 aromatic carbocycles. The number of hydrogen-bond donors (Lipinski definition) is 2. The molecule has 0 saturated heterocycles. The SMILES string of the molecule is C[C@H](Cn1cccn1)NC(=O)NC[C@@H](c1cccs1)N(C)C. The molecule has 0 aliphatic carbocycles. The van der Waals surface area contributed by atoms with Gasteiger partial charge in [-0.3, -0.25) is 4.68 Å². The molecule has 2 amide bonds. The zero-order valence-electron chi connectivity index (χ0n) is 13.2. The summed E-state index contributed by atoms with van der Waals surface area (Å²) in [6.07, 6.45) is 3.62. The molecule has 2 aromatic rings. The molecule has 2 atom stereocenters. The first-order chi connectivity index (χ1) is 10.6. The third-order valence-corrected chi connectivity index (χ3v) is 4.32. The van der Waals surface area contributed by atoms with Gasteiger partial charge in [0.1, 0.15) is 0 Å². The molecular formula is C15H23N5OS. The molecule has 0 fully saturated rings. The predicted octanol–water partition coefficient (Wildman–Crippen LogP) is 1.94. The van der Waals surface area contributed by atoms with Crippen LogP contribution >= 0.6 is 11.3 Å². The standard InChI is InChI=1S/C15H23N5OS/c1-12(11-20-8-5-7-17-20)18-15(21)16-10-13(19(2)3)14-6-4-9-22-14/h4-9,12-13H,10-11H2,1-3H3,(H2,16,18,21)/t12-,13+/m1/s1. The van der Waals surface area contributed by atoms with E-state index in [1.807, 2.05) is 39.3 Å². The summed E-state index contributed by atoms with van der Waals surface area (Å²) in [5.74, 6) is 0. The molecule has 0 aliphatic heterocycles. The zero-order valence-corrected chi connectivity index (χ0v) is 14.0. The lowest BCUT2D eigenvalue weighted by Gasteiger charge is -2.24. The first kappa shape index (κ1) is 16.5. The molecule has 0 aliphatic rings. The van der Waals surface area contributed by atoms with Gasteiger partial charge in [0.25, 0.3) is 0 Å². The highest BCUT2D eigenvalue weighted by molar-refractivity contribution is 7.10. The van der Waals surface area contributed by atoms with Crippen molar-refractivity contribution in [1.82, 2.24) is 25.3 Å². The molecule has 2 N–H and O–H groups in total. The van der Waals surface area contributed by atoms with Crippen molar-refractivity contribution in [3.05, 3.63) is 40.8 Å². The second-order valence-electron chi connectivity index (χ2n) is 5.48. The summed E-state index contributed by atoms with van der Waals surface area (Å²) < 4.78 is 1.80. The number of likely N-dealkylation sites (N-methyl/N-ethyl adjacent to an activating group) is 1. The average Bonchev–Trinajstić information content (AvgIpc) is 3.11. The van der Waals surface area contributed by atoms with E-state index in [2.05, 4.69) is 32.1 Å². The van der Waals surface area contributed by atoms with Crippen molar-refractivity contribution in [2.24, 2.45) is 0 Å². The Morgan fingerprint density at radius 2 is 2.27 bits per heavy atom. The average molecular weight is 321 g/mol. The number of amides is 2. The minimum atomic E-state index is -0.150. The summed E-state index contributed by atoms with van der Waals surface area (Å²) in [7, 11) is 4.04. The maximum Gasteiger partial charge on any atom is 0.315 e. The molecule has 22 heavy (non-hydrogen) atoms. The minimum absolute atomic E-state index is 0.0134. The van der Waals surface area contributed by atoms with Crippen LogP contribution in [0.25, 0.3) is 0 Å². The number of aromatic nitrogens is 2. The molecule has 120 valence electrons.